The van der Waals surface area contributed by atoms with Gasteiger partial charge in [-0.25, -0.2) is 4.98 Å². The van der Waals surface area contributed by atoms with Crippen molar-refractivity contribution in [1.29, 1.82) is 0 Å². The Hall–Kier alpha value is -4.65. The van der Waals surface area contributed by atoms with Crippen molar-refractivity contribution < 1.29 is 34.6 Å². The normalized spacial score (nSPS) is 23.3. The average molecular weight is 581 g/mol. The minimum atomic E-state index is -1.02. The van der Waals surface area contributed by atoms with Crippen molar-refractivity contribution in [3.8, 4) is 51.7 Å². The van der Waals surface area contributed by atoms with E-state index < -0.39 is 18.1 Å². The van der Waals surface area contributed by atoms with E-state index in [2.05, 4.69) is 21.4 Å². The molecule has 0 bridgehead atoms. The highest BCUT2D eigenvalue weighted by Gasteiger charge is 2.44. The molecule has 3 aliphatic rings. The second-order valence-electron chi connectivity index (χ2n) is 11.3. The first kappa shape index (κ1) is 27.2. The predicted octanol–water partition coefficient (Wildman–Crippen LogP) is 4.60. The van der Waals surface area contributed by atoms with Crippen molar-refractivity contribution in [3.05, 3.63) is 83.4 Å². The fourth-order valence-corrected chi connectivity index (χ4v) is 6.88. The Kier molecular flexibility index (Phi) is 6.88. The Morgan fingerprint density at radius 3 is 2.77 bits per heavy atom. The zero-order chi connectivity index (χ0) is 29.7. The maximum absolute atomic E-state index is 11.9. The fraction of sp³-hybridized carbons (Fsp3) is 0.324. The molecule has 2 aliphatic carbocycles. The van der Waals surface area contributed by atoms with Gasteiger partial charge in [0.05, 0.1) is 26.0 Å². The molecule has 43 heavy (non-hydrogen) atoms. The molecule has 0 saturated heterocycles. The number of aliphatic hydroxyl groups is 2. The number of rotatable bonds is 6. The summed E-state index contributed by atoms with van der Waals surface area (Å²) < 4.78 is 20.2. The van der Waals surface area contributed by atoms with E-state index in [1.165, 1.54) is 13.2 Å². The molecule has 5 atom stereocenters. The van der Waals surface area contributed by atoms with Crippen LogP contribution in [-0.2, 0) is 6.42 Å². The van der Waals surface area contributed by atoms with Crippen LogP contribution in [0.25, 0.3) is 11.1 Å². The third-order valence-corrected chi connectivity index (χ3v) is 8.76. The number of aromatic nitrogens is 2. The van der Waals surface area contributed by atoms with Crippen LogP contribution in [0.15, 0.2) is 61.2 Å². The molecule has 0 unspecified atom stereocenters. The van der Waals surface area contributed by atoms with Crippen LogP contribution < -0.4 is 14.2 Å². The van der Waals surface area contributed by atoms with Crippen LogP contribution in [0, 0.1) is 11.8 Å². The van der Waals surface area contributed by atoms with Gasteiger partial charge in [-0.2, -0.15) is 0 Å². The summed E-state index contributed by atoms with van der Waals surface area (Å²) in [6.45, 7) is -0.0740. The van der Waals surface area contributed by atoms with E-state index in [0.29, 0.717) is 29.9 Å². The predicted molar refractivity (Wildman–Crippen MR) is 158 cm³/mol. The number of hydrogen-bond acceptors (Lipinski definition) is 8. The second kappa shape index (κ2) is 10.9. The topological polar surface area (TPSA) is 126 Å². The summed E-state index contributed by atoms with van der Waals surface area (Å²) in [7, 11) is 1.47. The lowest BCUT2D eigenvalue weighted by atomic mass is 9.70. The molecule has 9 heteroatoms. The molecule has 3 aromatic carbocycles. The Balaban J connectivity index is 1.47. The third-order valence-electron chi connectivity index (χ3n) is 8.76. The number of benzene rings is 3. The number of phenolic OH excluding ortho intramolecular Hbond substituents is 2. The molecule has 7 rings (SSSR count). The molecular formula is C34H32N2O7. The summed E-state index contributed by atoms with van der Waals surface area (Å²) in [6, 6.07) is 12.1. The maximum Gasteiger partial charge on any atom is 0.160 e. The van der Waals surface area contributed by atoms with E-state index in [-0.39, 0.29) is 42.4 Å². The smallest absolute Gasteiger partial charge is 0.160 e. The number of aromatic hydroxyl groups is 2. The van der Waals surface area contributed by atoms with Gasteiger partial charge in [-0.05, 0) is 65.3 Å². The molecule has 1 aliphatic heterocycles. The summed E-state index contributed by atoms with van der Waals surface area (Å²) in [6.07, 6.45) is 5.68. The SMILES string of the molecule is COc1cc([C@H]2Oc3cc(OCCO)c4c5c3[C@@H](C#CC[C@@H](n3ccnc3)C[C@H]5Cc3cc(O)ccc3-4)[C@H]2O)ccc1O. The van der Waals surface area contributed by atoms with Gasteiger partial charge in [0.25, 0.3) is 0 Å². The van der Waals surface area contributed by atoms with Crippen LogP contribution in [0.1, 0.15) is 59.1 Å². The first-order valence-electron chi connectivity index (χ1n) is 14.4. The van der Waals surface area contributed by atoms with Gasteiger partial charge in [0.2, 0.25) is 0 Å². The molecule has 9 nitrogen and oxygen atoms in total. The van der Waals surface area contributed by atoms with Crippen molar-refractivity contribution >= 4 is 0 Å². The Bertz CT molecular complexity index is 1740. The van der Waals surface area contributed by atoms with E-state index in [1.54, 1.807) is 30.5 Å². The van der Waals surface area contributed by atoms with Crippen molar-refractivity contribution in [3.63, 3.8) is 0 Å². The fourth-order valence-electron chi connectivity index (χ4n) is 6.88. The van der Waals surface area contributed by atoms with Gasteiger partial charge in [0.1, 0.15) is 30.0 Å². The van der Waals surface area contributed by atoms with Crippen molar-refractivity contribution in [1.82, 2.24) is 9.55 Å². The number of fused-ring (bicyclic) bond motifs is 2. The lowest BCUT2D eigenvalue weighted by Gasteiger charge is -2.40. The molecule has 0 amide bonds. The first-order chi connectivity index (χ1) is 21.0. The van der Waals surface area contributed by atoms with Crippen LogP contribution in [-0.4, -0.2) is 56.4 Å². The standard InChI is InChI=1S/C34H32N2O7/c1-41-27-16-19(5-8-26(27)39)34-33(40)25-4-2-3-22(36-10-9-35-18-36)14-21-13-20-15-23(38)6-7-24(20)31-28(42-12-11-37)17-29(43-34)32(25)30(21)31/h5-10,15-18,21-22,25,33-34,37-40H,3,11-14H2,1H3/t21-,22-,25-,33-,34-/m1/s1. The zero-order valence-electron chi connectivity index (χ0n) is 23.6. The van der Waals surface area contributed by atoms with Crippen LogP contribution in [0.2, 0.25) is 0 Å². The number of phenols is 2. The van der Waals surface area contributed by atoms with Crippen LogP contribution in [0.5, 0.6) is 28.7 Å². The first-order valence-corrected chi connectivity index (χ1v) is 14.4. The number of nitrogens with zero attached hydrogens (tertiary/aromatic N) is 2. The summed E-state index contributed by atoms with van der Waals surface area (Å²) >= 11 is 0. The molecule has 0 spiro atoms. The molecule has 2 heterocycles. The van der Waals surface area contributed by atoms with Crippen molar-refractivity contribution in [2.45, 2.75) is 49.3 Å². The van der Waals surface area contributed by atoms with Gasteiger partial charge in [-0.1, -0.05) is 18.1 Å². The summed E-state index contributed by atoms with van der Waals surface area (Å²) in [4.78, 5) is 4.28. The summed E-state index contributed by atoms with van der Waals surface area (Å²) in [5.74, 6) is 7.79. The average Bonchev–Trinajstić information content (AvgIpc) is 3.56. The Labute approximate surface area is 248 Å². The molecule has 4 N–H and O–H groups in total. The third kappa shape index (κ3) is 4.63. The number of aliphatic hydroxyl groups excluding tert-OH is 2. The molecule has 0 radical (unpaired) electrons. The number of imidazole rings is 1. The van der Waals surface area contributed by atoms with E-state index in [4.69, 9.17) is 14.2 Å². The van der Waals surface area contributed by atoms with Gasteiger partial charge in [0, 0.05) is 42.0 Å². The molecule has 4 aromatic rings. The lowest BCUT2D eigenvalue weighted by molar-refractivity contribution is 0.0112. The van der Waals surface area contributed by atoms with Crippen molar-refractivity contribution in [2.75, 3.05) is 20.3 Å². The highest BCUT2D eigenvalue weighted by atomic mass is 16.5. The van der Waals surface area contributed by atoms with Crippen molar-refractivity contribution in [2.24, 2.45) is 0 Å². The molecule has 0 fully saturated rings. The summed E-state index contributed by atoms with van der Waals surface area (Å²) in [5, 5.41) is 42.2. The van der Waals surface area contributed by atoms with Gasteiger partial charge >= 0.3 is 0 Å². The molecule has 0 saturated carbocycles. The van der Waals surface area contributed by atoms with Crippen LogP contribution >= 0.6 is 0 Å². The lowest BCUT2D eigenvalue weighted by Crippen LogP contribution is -2.35. The van der Waals surface area contributed by atoms with Gasteiger partial charge in [0.15, 0.2) is 17.6 Å². The number of ether oxygens (including phenoxy) is 3. The number of methoxy groups -OCH3 is 1. The molecule has 1 aromatic heterocycles. The molecular weight excluding hydrogens is 548 g/mol. The van der Waals surface area contributed by atoms with Gasteiger partial charge in [-0.3, -0.25) is 0 Å². The maximum atomic E-state index is 11.9. The summed E-state index contributed by atoms with van der Waals surface area (Å²) in [5.41, 5.74) is 5.29. The largest absolute Gasteiger partial charge is 0.508 e. The monoisotopic (exact) mass is 580 g/mol. The van der Waals surface area contributed by atoms with Gasteiger partial charge < -0.3 is 39.2 Å². The van der Waals surface area contributed by atoms with E-state index in [0.717, 1.165) is 34.2 Å². The van der Waals surface area contributed by atoms with Crippen LogP contribution in [0.4, 0.5) is 0 Å². The van der Waals surface area contributed by atoms with E-state index in [1.807, 2.05) is 24.7 Å². The minimum absolute atomic E-state index is 0.00831. The quantitative estimate of drug-likeness (QED) is 0.244. The highest BCUT2D eigenvalue weighted by Crippen LogP contribution is 2.57. The van der Waals surface area contributed by atoms with Gasteiger partial charge in [-0.15, -0.1) is 5.92 Å². The Morgan fingerprint density at radius 2 is 1.98 bits per heavy atom. The zero-order valence-corrected chi connectivity index (χ0v) is 23.6. The van der Waals surface area contributed by atoms with E-state index >= 15 is 0 Å². The Morgan fingerprint density at radius 1 is 1.09 bits per heavy atom. The highest BCUT2D eigenvalue weighted by molar-refractivity contribution is 5.83. The number of hydrogen-bond donors (Lipinski definition) is 4. The molecule has 220 valence electrons. The van der Waals surface area contributed by atoms with Crippen LogP contribution in [0.3, 0.4) is 0 Å². The van der Waals surface area contributed by atoms with E-state index in [9.17, 15) is 20.4 Å². The minimum Gasteiger partial charge on any atom is -0.508 e. The second-order valence-corrected chi connectivity index (χ2v) is 11.3.